The molecular weight excluding hydrogens is 1980 g/mol. The molecular formula is C91H102F6N13O31P3. The minimum atomic E-state index is -4.59. The molecule has 11 N–H and O–H groups in total. The van der Waals surface area contributed by atoms with Crippen molar-refractivity contribution < 1.29 is 154 Å². The molecule has 774 valence electrons. The van der Waals surface area contributed by atoms with Gasteiger partial charge in [-0.3, -0.25) is 47.2 Å². The van der Waals surface area contributed by atoms with Crippen molar-refractivity contribution in [3.05, 3.63) is 301 Å². The van der Waals surface area contributed by atoms with E-state index in [1.54, 1.807) is 127 Å². The van der Waals surface area contributed by atoms with E-state index < -0.39 is 198 Å². The van der Waals surface area contributed by atoms with Crippen molar-refractivity contribution in [1.29, 1.82) is 0 Å². The number of hydrogen-bond acceptors (Lipinski definition) is 37. The minimum absolute atomic E-state index is 0.0461. The van der Waals surface area contributed by atoms with E-state index in [1.165, 1.54) is 111 Å². The summed E-state index contributed by atoms with van der Waals surface area (Å²) < 4.78 is 218. The average Bonchev–Trinajstić information content (AvgIpc) is 1.60. The summed E-state index contributed by atoms with van der Waals surface area (Å²) in [7, 11) is -13.2. The third kappa shape index (κ3) is 32.3. The molecule has 0 amide bonds. The third-order valence-corrected chi connectivity index (χ3v) is 24.5. The predicted octanol–water partition coefficient (Wildman–Crippen LogP) is 12.8. The number of esters is 3. The van der Waals surface area contributed by atoms with Gasteiger partial charge >= 0.3 is 88.3 Å². The van der Waals surface area contributed by atoms with Crippen LogP contribution in [0.15, 0.2) is 257 Å². The molecule has 44 nitrogen and oxygen atoms in total. The van der Waals surface area contributed by atoms with Gasteiger partial charge < -0.3 is 92.9 Å². The smallest absolute Gasteiger partial charge is 0.460 e. The first-order chi connectivity index (χ1) is 67.8. The minimum Gasteiger partial charge on any atom is -0.460 e. The first kappa shape index (κ1) is 112. The normalized spacial score (nSPS) is 20.4. The number of nitro benzene ring substituents is 1. The topological polar surface area (TPSA) is 587 Å². The molecule has 53 heteroatoms. The van der Waals surface area contributed by atoms with Crippen molar-refractivity contribution in [3.8, 4) is 23.0 Å². The first-order valence-corrected chi connectivity index (χ1v) is 47.9. The van der Waals surface area contributed by atoms with Gasteiger partial charge in [0.25, 0.3) is 5.69 Å². The van der Waals surface area contributed by atoms with Gasteiger partial charge in [0, 0.05) is 30.7 Å². The standard InChI is InChI=1S/C30H35F2N4O10P.C25H27F2N4O8P.C22H21N2O7P.C14H19F2N3O6/c1-19(25(37)41-17-20-11-7-5-8-12-20)35-47(40,46-21-13-9-6-10-14-21)42-18-22-24(44-28(39)45-29(2,3)4)30(31,32)26(43-22)36-16-15-23(33)34-27(36)38;1-16(22(33)36-14-17-8-4-2-5-9-17)30-40(35,39-18-10-6-3-7-11-18)37-15-19-21(32)25(26,27)23(38-19)31-13-12-20(28)29-24(31)34;1-17(22(25)29-16-18-8-4-2-5-9-18)23-32(28,30-20-10-6-3-7-11-20)31-21-14-12-19(13-15-21)24(26)27;1-13(2,3)25-12(22)24-9-7(6-20)23-10(14(9,15)16)19-5-4-8(17)18-11(19)21/h5-16,19,22,24,26H,17-18H2,1-4H3,(H,35,40)(H2,33,34,38);2-13,16,19,21,23,32H,14-15H2,1H3,(H,30,35)(H2,28,29,34);2-15,17H,16H2,1H3,(H,23,28);4-5,7,9-10,20H,6H2,1-3H3,(H2,17,18,21)/t19-,22?,24?,26?,47-;16-,19?,21?,23?,40-;17-,32-;/m000./s1. The Labute approximate surface area is 816 Å². The molecule has 7 aromatic carbocycles. The van der Waals surface area contributed by atoms with Crippen LogP contribution in [0.5, 0.6) is 23.0 Å². The highest BCUT2D eigenvalue weighted by molar-refractivity contribution is 7.53. The zero-order chi connectivity index (χ0) is 105. The zero-order valence-electron chi connectivity index (χ0n) is 78.0. The Morgan fingerprint density at radius 2 is 0.715 bits per heavy atom. The SMILES string of the molecule is CC(C)(C)OC(=O)OC1C(CO)OC(n2ccc(N)nc2=O)C1(F)F.C[C@H](N[P@](=O)(OCC1OC(n2ccc(N)nc2=O)C(F)(F)C1O)Oc1ccccc1)C(=O)OCc1ccccc1.C[C@H](N[P@](=O)(OCC1OC(n2ccc(N)nc2=O)C(F)(F)C1OC(=O)OC(C)(C)C)Oc1ccccc1)C(=O)OCc1ccccc1.C[C@H](N[P@](=O)(Oc1ccccc1)Oc1ccc([N+](=O)[O-])cc1)C(=O)OCc1ccccc1. The second-order valence-corrected chi connectivity index (χ2v) is 38.3. The molecule has 3 aliphatic rings. The Bertz CT molecular complexity index is 6330. The van der Waals surface area contributed by atoms with Crippen molar-refractivity contribution in [3.63, 3.8) is 0 Å². The van der Waals surface area contributed by atoms with Crippen LogP contribution < -0.4 is 67.6 Å². The number of alkyl halides is 6. The molecule has 10 aromatic rings. The predicted molar refractivity (Wildman–Crippen MR) is 497 cm³/mol. The number of nitrogen functional groups attached to an aromatic ring is 3. The van der Waals surface area contributed by atoms with Crippen molar-refractivity contribution in [2.24, 2.45) is 0 Å². The number of benzene rings is 7. The first-order valence-electron chi connectivity index (χ1n) is 43.3. The number of non-ortho nitro benzene ring substituents is 1. The van der Waals surface area contributed by atoms with Crippen LogP contribution in [0.4, 0.5) is 59.1 Å². The molecule has 3 saturated heterocycles. The number of nitrogens with one attached hydrogen (secondary N) is 3. The molecule has 6 heterocycles. The second kappa shape index (κ2) is 49.3. The second-order valence-electron chi connectivity index (χ2n) is 33.3. The van der Waals surface area contributed by atoms with Crippen LogP contribution in [0.25, 0.3) is 0 Å². The number of rotatable bonds is 36. The fraction of sp³-hybridized carbons (Fsp3) is 0.352. The van der Waals surface area contributed by atoms with Crippen LogP contribution >= 0.6 is 23.2 Å². The van der Waals surface area contributed by atoms with Crippen molar-refractivity contribution in [2.45, 2.75) is 185 Å². The van der Waals surface area contributed by atoms with Gasteiger partial charge in [-0.2, -0.15) is 56.6 Å². The van der Waals surface area contributed by atoms with E-state index in [1.807, 2.05) is 30.3 Å². The Hall–Kier alpha value is -14.0. The molecule has 144 heavy (non-hydrogen) atoms. The number of aromatic nitrogens is 6. The van der Waals surface area contributed by atoms with Crippen LogP contribution in [0, 0.1) is 10.1 Å². The fourth-order valence-corrected chi connectivity index (χ4v) is 17.4. The molecule has 0 radical (unpaired) electrons. The lowest BCUT2D eigenvalue weighted by molar-refractivity contribution is -0.384. The Morgan fingerprint density at radius 3 is 1.03 bits per heavy atom. The van der Waals surface area contributed by atoms with Crippen molar-refractivity contribution in [2.75, 3.05) is 37.0 Å². The van der Waals surface area contributed by atoms with Gasteiger partial charge in [0.2, 0.25) is 30.9 Å². The highest BCUT2D eigenvalue weighted by Crippen LogP contribution is 2.52. The Kier molecular flexibility index (Phi) is 38.4. The number of nitro groups is 1. The molecule has 9 unspecified atom stereocenters. The lowest BCUT2D eigenvalue weighted by Crippen LogP contribution is -2.45. The number of para-hydroxylation sites is 3. The summed E-state index contributed by atoms with van der Waals surface area (Å²) >= 11 is 0. The summed E-state index contributed by atoms with van der Waals surface area (Å²) in [6.07, 6.45) is -18.8. The van der Waals surface area contributed by atoms with Crippen LogP contribution in [-0.4, -0.2) is 178 Å². The van der Waals surface area contributed by atoms with Gasteiger partial charge in [-0.25, -0.2) is 37.7 Å². The zero-order valence-corrected chi connectivity index (χ0v) is 80.7. The van der Waals surface area contributed by atoms with Gasteiger partial charge in [0.1, 0.15) is 108 Å². The number of hydrogen-bond donors (Lipinski definition) is 8. The van der Waals surface area contributed by atoms with Gasteiger partial charge in [-0.05, 0) is 146 Å². The molecule has 3 aromatic heterocycles. The molecule has 13 rings (SSSR count). The van der Waals surface area contributed by atoms with E-state index in [2.05, 4.69) is 35.0 Å². The van der Waals surface area contributed by atoms with Crippen molar-refractivity contribution in [1.82, 2.24) is 43.9 Å². The molecule has 3 fully saturated rings. The van der Waals surface area contributed by atoms with Gasteiger partial charge in [-0.1, -0.05) is 146 Å². The number of anilines is 3. The maximum atomic E-state index is 15.9. The maximum Gasteiger partial charge on any atom is 0.513 e. The molecule has 3 aliphatic heterocycles. The molecule has 15 atom stereocenters. The van der Waals surface area contributed by atoms with E-state index in [9.17, 15) is 89.9 Å². The number of nitrogens with two attached hydrogens (primary N) is 3. The molecule has 0 saturated carbocycles. The van der Waals surface area contributed by atoms with Gasteiger partial charge in [0.15, 0.2) is 6.10 Å². The lowest BCUT2D eigenvalue weighted by atomic mass is 10.1. The molecule has 0 spiro atoms. The van der Waals surface area contributed by atoms with Crippen LogP contribution in [-0.2, 0) is 104 Å². The summed E-state index contributed by atoms with van der Waals surface area (Å²) in [5.41, 5.74) is 12.9. The number of halogens is 6. The lowest BCUT2D eigenvalue weighted by Gasteiger charge is -2.27. The van der Waals surface area contributed by atoms with Gasteiger partial charge in [-0.15, -0.1) is 0 Å². The number of aliphatic hydroxyl groups is 2. The Balaban J connectivity index is 0.000000202. The highest BCUT2D eigenvalue weighted by Gasteiger charge is 2.65. The number of carbonyl (C=O) groups is 5. The molecule has 0 bridgehead atoms. The maximum absolute atomic E-state index is 15.9. The summed E-state index contributed by atoms with van der Waals surface area (Å²) in [5.74, 6) is -14.2. The largest absolute Gasteiger partial charge is 0.513 e. The highest BCUT2D eigenvalue weighted by atomic mass is 31.2. The van der Waals surface area contributed by atoms with E-state index in [-0.39, 0.29) is 66.0 Å². The average molecular weight is 2080 g/mol. The summed E-state index contributed by atoms with van der Waals surface area (Å²) in [5, 5.41) is 37.9. The summed E-state index contributed by atoms with van der Waals surface area (Å²) in [4.78, 5) is 119. The fourth-order valence-electron chi connectivity index (χ4n) is 12.8. The third-order valence-electron chi connectivity index (χ3n) is 19.6. The summed E-state index contributed by atoms with van der Waals surface area (Å²) in [6, 6.07) is 55.3. The summed E-state index contributed by atoms with van der Waals surface area (Å²) in [6.45, 7) is 10.5. The van der Waals surface area contributed by atoms with Crippen molar-refractivity contribution >= 4 is 76.6 Å². The van der Waals surface area contributed by atoms with Gasteiger partial charge in [0.05, 0.1) is 24.7 Å². The monoisotopic (exact) mass is 2080 g/mol. The van der Waals surface area contributed by atoms with Crippen LogP contribution in [0.2, 0.25) is 0 Å². The molecule has 0 aliphatic carbocycles. The van der Waals surface area contributed by atoms with E-state index in [4.69, 9.17) is 87.0 Å². The Morgan fingerprint density at radius 1 is 0.438 bits per heavy atom. The number of ether oxygens (including phenoxy) is 10. The van der Waals surface area contributed by atoms with E-state index in [0.29, 0.717) is 19.3 Å². The van der Waals surface area contributed by atoms with Crippen LogP contribution in [0.1, 0.15) is 97.7 Å². The number of aliphatic hydroxyl groups excluding tert-OH is 2. The van der Waals surface area contributed by atoms with Crippen LogP contribution in [0.3, 0.4) is 0 Å². The number of nitrogens with zero attached hydrogens (tertiary/aromatic N) is 7. The van der Waals surface area contributed by atoms with E-state index in [0.717, 1.165) is 47.9 Å². The van der Waals surface area contributed by atoms with E-state index >= 15 is 8.78 Å². The quantitative estimate of drug-likeness (QED) is 0.00451. The number of carbonyl (C=O) groups excluding carboxylic acids is 5.